The number of hydrogen-bond acceptors (Lipinski definition) is 1. The third-order valence-electron chi connectivity index (χ3n) is 7.27. The second kappa shape index (κ2) is 11.4. The Labute approximate surface area is 203 Å². The first-order valence-electron chi connectivity index (χ1n) is 11.8. The van der Waals surface area contributed by atoms with Gasteiger partial charge in [0, 0.05) is 28.8 Å². The number of carbonyl (C=O) groups is 1. The molecule has 3 nitrogen and oxygen atoms in total. The van der Waals surface area contributed by atoms with E-state index in [0.29, 0.717) is 23.7 Å². The number of para-hydroxylation sites is 1. The number of fused-ring (bicyclic) bond motifs is 3. The number of anilines is 1. The Balaban J connectivity index is 1.72. The summed E-state index contributed by atoms with van der Waals surface area (Å²) in [6, 6.07) is 9.72. The van der Waals surface area contributed by atoms with Crippen molar-refractivity contribution in [2.45, 2.75) is 52.9 Å². The number of halogens is 2. The van der Waals surface area contributed by atoms with Crippen LogP contribution in [-0.4, -0.2) is 24.0 Å². The molecule has 1 saturated heterocycles. The van der Waals surface area contributed by atoms with Crippen LogP contribution in [0.15, 0.2) is 64.2 Å². The van der Waals surface area contributed by atoms with Gasteiger partial charge in [-0.3, -0.25) is 0 Å². The largest absolute Gasteiger partial charge is 0.324 e. The first-order chi connectivity index (χ1) is 15.3. The maximum absolute atomic E-state index is 13.0. The summed E-state index contributed by atoms with van der Waals surface area (Å²) < 4.78 is 0. The van der Waals surface area contributed by atoms with Crippen molar-refractivity contribution in [2.75, 3.05) is 18.4 Å². The Morgan fingerprint density at radius 1 is 1.22 bits per heavy atom. The van der Waals surface area contributed by atoms with Crippen LogP contribution in [0.4, 0.5) is 10.5 Å². The molecule has 2 bridgehead atoms. The number of nitrogens with zero attached hydrogens (tertiary/aromatic N) is 1. The summed E-state index contributed by atoms with van der Waals surface area (Å²) >= 11 is 13.2. The van der Waals surface area contributed by atoms with Crippen molar-refractivity contribution in [1.82, 2.24) is 4.90 Å². The quantitative estimate of drug-likeness (QED) is 0.413. The van der Waals surface area contributed by atoms with Gasteiger partial charge in [-0.1, -0.05) is 67.4 Å². The summed E-state index contributed by atoms with van der Waals surface area (Å²) in [5.41, 5.74) is 2.90. The minimum Gasteiger partial charge on any atom is -0.324 e. The summed E-state index contributed by atoms with van der Waals surface area (Å²) in [5, 5.41) is 4.55. The van der Waals surface area contributed by atoms with E-state index in [1.165, 1.54) is 12.8 Å². The Bertz CT molecular complexity index is 873. The average molecular weight is 476 g/mol. The molecule has 0 radical (unpaired) electrons. The summed E-state index contributed by atoms with van der Waals surface area (Å²) in [7, 11) is 0. The zero-order valence-electron chi connectivity index (χ0n) is 19.5. The molecule has 2 fully saturated rings. The summed E-state index contributed by atoms with van der Waals surface area (Å²) in [6.07, 6.45) is 7.16. The molecule has 1 aromatic rings. The number of carbonyl (C=O) groups excluding carboxylic acids is 1. The van der Waals surface area contributed by atoms with Gasteiger partial charge >= 0.3 is 6.03 Å². The van der Waals surface area contributed by atoms with Crippen molar-refractivity contribution < 1.29 is 4.79 Å². The molecule has 174 valence electrons. The molecule has 1 aliphatic heterocycles. The highest BCUT2D eigenvalue weighted by atomic mass is 35.5. The van der Waals surface area contributed by atoms with Crippen molar-refractivity contribution in [3.8, 4) is 0 Å². The third-order valence-corrected chi connectivity index (χ3v) is 7.84. The van der Waals surface area contributed by atoms with E-state index in [1.54, 1.807) is 0 Å². The second-order valence-corrected chi connectivity index (χ2v) is 10.5. The highest BCUT2D eigenvalue weighted by molar-refractivity contribution is 6.35. The molecule has 32 heavy (non-hydrogen) atoms. The summed E-state index contributed by atoms with van der Waals surface area (Å²) in [5.74, 6) is 1.99. The van der Waals surface area contributed by atoms with Gasteiger partial charge in [0.25, 0.3) is 0 Å². The summed E-state index contributed by atoms with van der Waals surface area (Å²) in [6.45, 7) is 12.0. The average Bonchev–Trinajstić information content (AvgIpc) is 3.06. The predicted octanol–water partition coefficient (Wildman–Crippen LogP) is 8.19. The molecule has 1 N–H and O–H groups in total. The molecule has 4 unspecified atom stereocenters. The molecule has 3 rings (SSSR count). The van der Waals surface area contributed by atoms with Crippen LogP contribution in [0.1, 0.15) is 52.9 Å². The lowest BCUT2D eigenvalue weighted by molar-refractivity contribution is 0.143. The zero-order valence-corrected chi connectivity index (χ0v) is 21.1. The number of rotatable bonds is 6. The van der Waals surface area contributed by atoms with Crippen LogP contribution >= 0.6 is 23.2 Å². The minimum atomic E-state index is 0.0139. The monoisotopic (exact) mass is 474 g/mol. The fourth-order valence-electron chi connectivity index (χ4n) is 5.14. The number of hydrogen-bond donors (Lipinski definition) is 1. The van der Waals surface area contributed by atoms with E-state index in [2.05, 4.69) is 25.7 Å². The Hall–Kier alpha value is -1.71. The Morgan fingerprint density at radius 3 is 2.59 bits per heavy atom. The van der Waals surface area contributed by atoms with Crippen LogP contribution in [-0.2, 0) is 0 Å². The van der Waals surface area contributed by atoms with Crippen molar-refractivity contribution >= 4 is 34.9 Å². The molecule has 2 amide bonds. The van der Waals surface area contributed by atoms with E-state index in [9.17, 15) is 4.79 Å². The van der Waals surface area contributed by atoms with Crippen LogP contribution in [0.3, 0.4) is 0 Å². The fourth-order valence-corrected chi connectivity index (χ4v) is 5.74. The fraction of sp³-hybridized carbons (Fsp3) is 0.519. The van der Waals surface area contributed by atoms with E-state index in [0.717, 1.165) is 59.3 Å². The Morgan fingerprint density at radius 2 is 1.94 bits per heavy atom. The number of amides is 2. The number of likely N-dealkylation sites (tertiary alicyclic amines) is 1. The molecular weight excluding hydrogens is 439 g/mol. The number of allylic oxidation sites excluding steroid dienone is 5. The smallest absolute Gasteiger partial charge is 0.321 e. The molecule has 1 heterocycles. The van der Waals surface area contributed by atoms with Gasteiger partial charge in [-0.25, -0.2) is 4.79 Å². The third kappa shape index (κ3) is 6.42. The molecule has 5 heteroatoms. The zero-order chi connectivity index (χ0) is 23.3. The molecule has 2 aliphatic rings. The van der Waals surface area contributed by atoms with E-state index >= 15 is 0 Å². The predicted molar refractivity (Wildman–Crippen MR) is 137 cm³/mol. The van der Waals surface area contributed by atoms with Crippen LogP contribution < -0.4 is 5.32 Å². The highest BCUT2D eigenvalue weighted by Crippen LogP contribution is 2.44. The van der Waals surface area contributed by atoms with Gasteiger partial charge in [-0.05, 0) is 86.5 Å². The van der Waals surface area contributed by atoms with Gasteiger partial charge in [0.05, 0.1) is 0 Å². The van der Waals surface area contributed by atoms with Crippen LogP contribution in [0.25, 0.3) is 0 Å². The van der Waals surface area contributed by atoms with Crippen molar-refractivity contribution in [3.05, 3.63) is 64.2 Å². The lowest BCUT2D eigenvalue weighted by atomic mass is 9.76. The molecule has 1 aliphatic carbocycles. The van der Waals surface area contributed by atoms with Gasteiger partial charge in [0.1, 0.15) is 0 Å². The maximum Gasteiger partial charge on any atom is 0.321 e. The molecule has 0 aromatic heterocycles. The van der Waals surface area contributed by atoms with E-state index < -0.39 is 0 Å². The first-order valence-corrected chi connectivity index (χ1v) is 12.6. The first kappa shape index (κ1) is 24.9. The van der Waals surface area contributed by atoms with Gasteiger partial charge in [0.15, 0.2) is 0 Å². The normalized spacial score (nSPS) is 26.8. The molecule has 4 atom stereocenters. The lowest BCUT2D eigenvalue weighted by Gasteiger charge is -2.37. The topological polar surface area (TPSA) is 32.3 Å². The van der Waals surface area contributed by atoms with Crippen LogP contribution in [0.5, 0.6) is 0 Å². The second-order valence-electron chi connectivity index (χ2n) is 9.48. The van der Waals surface area contributed by atoms with Crippen molar-refractivity contribution in [1.29, 1.82) is 0 Å². The van der Waals surface area contributed by atoms with Gasteiger partial charge < -0.3 is 10.2 Å². The van der Waals surface area contributed by atoms with Crippen molar-refractivity contribution in [3.63, 3.8) is 0 Å². The number of benzene rings is 1. The molecular formula is C27H36Cl2N2O. The highest BCUT2D eigenvalue weighted by Gasteiger charge is 2.38. The van der Waals surface area contributed by atoms with Gasteiger partial charge in [-0.15, -0.1) is 0 Å². The van der Waals surface area contributed by atoms with E-state index in [-0.39, 0.29) is 6.03 Å². The Kier molecular flexibility index (Phi) is 8.90. The minimum absolute atomic E-state index is 0.0139. The SMILES string of the molecule is C=C(C=C(Cl)C(CC1CC2CCC(CN(C(=O)Nc3ccccc3)C2)C1C)=C(C)Cl)CC. The molecule has 1 saturated carbocycles. The van der Waals surface area contributed by atoms with Crippen molar-refractivity contribution in [2.24, 2.45) is 23.7 Å². The number of urea groups is 1. The van der Waals surface area contributed by atoms with Crippen LogP contribution in [0, 0.1) is 23.7 Å². The maximum atomic E-state index is 13.0. The van der Waals surface area contributed by atoms with E-state index in [1.807, 2.05) is 48.2 Å². The summed E-state index contributed by atoms with van der Waals surface area (Å²) in [4.78, 5) is 15.0. The number of nitrogens with one attached hydrogen (secondary N) is 1. The van der Waals surface area contributed by atoms with E-state index in [4.69, 9.17) is 23.2 Å². The molecule has 1 aromatic carbocycles. The lowest BCUT2D eigenvalue weighted by Crippen LogP contribution is -2.43. The van der Waals surface area contributed by atoms with Gasteiger partial charge in [-0.2, -0.15) is 0 Å². The standard InChI is InChI=1S/C27H36Cl2N2O/c1-5-18(2)13-26(29)25(20(4)28)15-23-14-21-11-12-22(19(23)3)17-31(16-21)27(32)30-24-9-7-6-8-10-24/h6-10,13,19,21-23H,2,5,11-12,14-17H2,1,3-4H3,(H,30,32). The molecule has 0 spiro atoms. The van der Waals surface area contributed by atoms with Crippen LogP contribution in [0.2, 0.25) is 0 Å². The van der Waals surface area contributed by atoms with Gasteiger partial charge in [0.2, 0.25) is 0 Å².